The predicted molar refractivity (Wildman–Crippen MR) is 103 cm³/mol. The van der Waals surface area contributed by atoms with E-state index in [1.54, 1.807) is 11.3 Å². The number of nitrogens with zero attached hydrogens (tertiary/aromatic N) is 2. The van der Waals surface area contributed by atoms with Crippen LogP contribution in [-0.4, -0.2) is 33.7 Å². The molecule has 0 spiro atoms. The second-order valence-electron chi connectivity index (χ2n) is 5.96. The van der Waals surface area contributed by atoms with Gasteiger partial charge < -0.3 is 5.32 Å². The highest BCUT2D eigenvalue weighted by atomic mass is 32.2. The van der Waals surface area contributed by atoms with E-state index in [1.165, 1.54) is 18.1 Å². The maximum atomic E-state index is 12.0. The predicted octanol–water partition coefficient (Wildman–Crippen LogP) is 3.44. The second kappa shape index (κ2) is 7.43. The highest BCUT2D eigenvalue weighted by Gasteiger charge is 2.24. The van der Waals surface area contributed by atoms with E-state index in [0.29, 0.717) is 0 Å². The molecule has 4 rings (SSSR count). The van der Waals surface area contributed by atoms with Gasteiger partial charge in [-0.15, -0.1) is 11.3 Å². The Morgan fingerprint density at radius 1 is 1.19 bits per heavy atom. The second-order valence-corrected chi connectivity index (χ2v) is 7.95. The maximum Gasteiger partial charge on any atom is 0.321 e. The fraction of sp³-hybridized carbons (Fsp3) is 0.222. The number of thioether (sulfide) groups is 1. The minimum absolute atomic E-state index is 0.126. The van der Waals surface area contributed by atoms with E-state index in [0.717, 1.165) is 38.5 Å². The average Bonchev–Trinajstić information content (AvgIpc) is 3.34. The number of hydrogen-bond acceptors (Lipinski definition) is 6. The molecule has 0 bridgehead atoms. The summed E-state index contributed by atoms with van der Waals surface area (Å²) in [6.45, 7) is 0. The first-order chi connectivity index (χ1) is 12.7. The highest BCUT2D eigenvalue weighted by Crippen LogP contribution is 2.35. The Bertz CT molecular complexity index is 954. The molecule has 1 aliphatic rings. The normalized spacial score (nSPS) is 13.5. The molecule has 0 radical (unpaired) electrons. The van der Waals surface area contributed by atoms with Crippen LogP contribution in [0.25, 0.3) is 20.7 Å². The van der Waals surface area contributed by atoms with E-state index in [9.17, 15) is 9.59 Å². The molecule has 2 heterocycles. The lowest BCUT2D eigenvalue weighted by molar-refractivity contribution is -0.117. The summed E-state index contributed by atoms with van der Waals surface area (Å²) in [5.41, 5.74) is 1.13. The van der Waals surface area contributed by atoms with Crippen molar-refractivity contribution in [2.75, 3.05) is 5.75 Å². The molecular formula is C18H16N4O2S2. The number of fused-ring (bicyclic) bond motifs is 1. The number of rotatable bonds is 5. The first-order valence-electron chi connectivity index (χ1n) is 8.22. The van der Waals surface area contributed by atoms with Crippen molar-refractivity contribution in [3.63, 3.8) is 0 Å². The highest BCUT2D eigenvalue weighted by molar-refractivity contribution is 8.00. The molecule has 0 aliphatic heterocycles. The van der Waals surface area contributed by atoms with Crippen LogP contribution in [0.4, 0.5) is 4.79 Å². The number of imide groups is 1. The molecule has 3 amide bonds. The van der Waals surface area contributed by atoms with Gasteiger partial charge in [-0.2, -0.15) is 0 Å². The molecule has 8 heteroatoms. The number of hydrogen-bond donors (Lipinski definition) is 2. The number of thiophene rings is 1. The van der Waals surface area contributed by atoms with Crippen LogP contribution in [0.15, 0.2) is 47.8 Å². The number of nitrogens with one attached hydrogen (secondary N) is 2. The van der Waals surface area contributed by atoms with Crippen molar-refractivity contribution >= 4 is 45.3 Å². The SMILES string of the molecule is O=C(CSc1ncnc2sc(-c3ccccc3)cc12)NC(=O)NC1CC1. The van der Waals surface area contributed by atoms with Gasteiger partial charge in [0, 0.05) is 16.3 Å². The largest absolute Gasteiger partial charge is 0.335 e. The molecule has 1 aliphatic carbocycles. The van der Waals surface area contributed by atoms with Gasteiger partial charge in [-0.1, -0.05) is 42.1 Å². The third kappa shape index (κ3) is 4.03. The van der Waals surface area contributed by atoms with Crippen molar-refractivity contribution < 1.29 is 9.59 Å². The van der Waals surface area contributed by atoms with Crippen LogP contribution in [0.5, 0.6) is 0 Å². The van der Waals surface area contributed by atoms with Crippen LogP contribution < -0.4 is 10.6 Å². The third-order valence-corrected chi connectivity index (χ3v) is 5.95. The lowest BCUT2D eigenvalue weighted by Gasteiger charge is -2.05. The number of urea groups is 1. The maximum absolute atomic E-state index is 12.0. The van der Waals surface area contributed by atoms with Gasteiger partial charge in [0.1, 0.15) is 16.2 Å². The zero-order valence-electron chi connectivity index (χ0n) is 13.8. The third-order valence-electron chi connectivity index (χ3n) is 3.86. The van der Waals surface area contributed by atoms with E-state index < -0.39 is 6.03 Å². The lowest BCUT2D eigenvalue weighted by atomic mass is 10.2. The van der Waals surface area contributed by atoms with Gasteiger partial charge in [0.2, 0.25) is 5.91 Å². The molecule has 1 fully saturated rings. The molecule has 0 unspecified atom stereocenters. The lowest BCUT2D eigenvalue weighted by Crippen LogP contribution is -2.41. The summed E-state index contributed by atoms with van der Waals surface area (Å²) < 4.78 is 0. The summed E-state index contributed by atoms with van der Waals surface area (Å²) in [5.74, 6) is -0.209. The number of carbonyl (C=O) groups excluding carboxylic acids is 2. The first-order valence-corrected chi connectivity index (χ1v) is 10.0. The summed E-state index contributed by atoms with van der Waals surface area (Å²) in [6.07, 6.45) is 3.47. The van der Waals surface area contributed by atoms with Crippen LogP contribution in [0, 0.1) is 0 Å². The van der Waals surface area contributed by atoms with E-state index in [-0.39, 0.29) is 17.7 Å². The van der Waals surface area contributed by atoms with Crippen molar-refractivity contribution in [3.05, 3.63) is 42.7 Å². The molecular weight excluding hydrogens is 368 g/mol. The van der Waals surface area contributed by atoms with Gasteiger partial charge in [-0.25, -0.2) is 14.8 Å². The molecule has 26 heavy (non-hydrogen) atoms. The molecule has 0 saturated heterocycles. The Labute approximate surface area is 158 Å². The van der Waals surface area contributed by atoms with Crippen molar-refractivity contribution in [2.45, 2.75) is 23.9 Å². The summed E-state index contributed by atoms with van der Waals surface area (Å²) in [7, 11) is 0. The van der Waals surface area contributed by atoms with Crippen LogP contribution in [0.3, 0.4) is 0 Å². The Kier molecular flexibility index (Phi) is 4.85. The van der Waals surface area contributed by atoms with Crippen molar-refractivity contribution in [3.8, 4) is 10.4 Å². The topological polar surface area (TPSA) is 84.0 Å². The molecule has 132 valence electrons. The van der Waals surface area contributed by atoms with E-state index in [2.05, 4.69) is 38.8 Å². The fourth-order valence-electron chi connectivity index (χ4n) is 2.44. The van der Waals surface area contributed by atoms with E-state index >= 15 is 0 Å². The monoisotopic (exact) mass is 384 g/mol. The minimum Gasteiger partial charge on any atom is -0.335 e. The number of aromatic nitrogens is 2. The zero-order valence-corrected chi connectivity index (χ0v) is 15.4. The van der Waals surface area contributed by atoms with E-state index in [1.807, 2.05) is 18.2 Å². The van der Waals surface area contributed by atoms with Crippen LogP contribution in [0.1, 0.15) is 12.8 Å². The Balaban J connectivity index is 1.45. The van der Waals surface area contributed by atoms with Crippen LogP contribution in [0.2, 0.25) is 0 Å². The molecule has 1 saturated carbocycles. The van der Waals surface area contributed by atoms with Gasteiger partial charge in [0.15, 0.2) is 0 Å². The van der Waals surface area contributed by atoms with Gasteiger partial charge >= 0.3 is 6.03 Å². The van der Waals surface area contributed by atoms with Gasteiger partial charge in [0.05, 0.1) is 5.75 Å². The Morgan fingerprint density at radius 3 is 2.77 bits per heavy atom. The van der Waals surface area contributed by atoms with E-state index in [4.69, 9.17) is 0 Å². The zero-order chi connectivity index (χ0) is 17.9. The Morgan fingerprint density at radius 2 is 2.00 bits per heavy atom. The number of benzene rings is 1. The van der Waals surface area contributed by atoms with Gasteiger partial charge in [0.25, 0.3) is 0 Å². The molecule has 6 nitrogen and oxygen atoms in total. The summed E-state index contributed by atoms with van der Waals surface area (Å²) >= 11 is 2.90. The quantitative estimate of drug-likeness (QED) is 0.520. The molecule has 3 aromatic rings. The number of amides is 3. The summed E-state index contributed by atoms with van der Waals surface area (Å²) in [5, 5.41) is 6.75. The van der Waals surface area contributed by atoms with Gasteiger partial charge in [-0.05, 0) is 24.5 Å². The van der Waals surface area contributed by atoms with Crippen LogP contribution in [-0.2, 0) is 4.79 Å². The van der Waals surface area contributed by atoms with Crippen molar-refractivity contribution in [1.82, 2.24) is 20.6 Å². The molecule has 2 aromatic heterocycles. The average molecular weight is 384 g/mol. The smallest absolute Gasteiger partial charge is 0.321 e. The number of carbonyl (C=O) groups is 2. The molecule has 1 aromatic carbocycles. The fourth-order valence-corrected chi connectivity index (χ4v) is 4.28. The van der Waals surface area contributed by atoms with Crippen molar-refractivity contribution in [1.29, 1.82) is 0 Å². The van der Waals surface area contributed by atoms with Gasteiger partial charge in [-0.3, -0.25) is 10.1 Å². The molecule has 0 atom stereocenters. The first kappa shape index (κ1) is 17.0. The minimum atomic E-state index is -0.423. The summed E-state index contributed by atoms with van der Waals surface area (Å²) in [4.78, 5) is 34.2. The molecule has 2 N–H and O–H groups in total. The van der Waals surface area contributed by atoms with Crippen molar-refractivity contribution in [2.24, 2.45) is 0 Å². The summed E-state index contributed by atoms with van der Waals surface area (Å²) in [6, 6.07) is 11.9. The standard InChI is InChI=1S/C18H16N4O2S2/c23-15(22-18(24)21-12-6-7-12)9-25-16-13-8-14(11-4-2-1-3-5-11)26-17(13)20-10-19-16/h1-5,8,10,12H,6-7,9H2,(H2,21,22,23,24). The van der Waals surface area contributed by atoms with Crippen LogP contribution >= 0.6 is 23.1 Å². The Hall–Kier alpha value is -2.45.